The van der Waals surface area contributed by atoms with Crippen molar-refractivity contribution in [2.75, 3.05) is 19.6 Å². The Kier molecular flexibility index (Phi) is 4.31. The SMILES string of the molecule is O=C(CN1C(=O)c2ccccc2S1(=O)=O)N1CC=C(c2ccccc2)CC1. The van der Waals surface area contributed by atoms with Crippen LogP contribution in [0.3, 0.4) is 0 Å². The van der Waals surface area contributed by atoms with E-state index in [0.717, 1.165) is 11.1 Å². The zero-order chi connectivity index (χ0) is 19.0. The summed E-state index contributed by atoms with van der Waals surface area (Å²) in [7, 11) is -3.96. The standard InChI is InChI=1S/C20H18N2O4S/c23-19(21-12-10-16(11-13-21)15-6-2-1-3-7-15)14-22-20(24)17-8-4-5-9-18(17)27(22,25)26/h1-10H,11-14H2. The van der Waals surface area contributed by atoms with Crippen molar-refractivity contribution >= 4 is 27.4 Å². The maximum absolute atomic E-state index is 12.6. The first-order chi connectivity index (χ1) is 13.0. The van der Waals surface area contributed by atoms with Crippen LogP contribution in [0.15, 0.2) is 65.6 Å². The topological polar surface area (TPSA) is 74.8 Å². The van der Waals surface area contributed by atoms with Gasteiger partial charge in [-0.3, -0.25) is 9.59 Å². The van der Waals surface area contributed by atoms with Gasteiger partial charge < -0.3 is 4.90 Å². The second-order valence-electron chi connectivity index (χ2n) is 6.50. The van der Waals surface area contributed by atoms with Crippen molar-refractivity contribution < 1.29 is 18.0 Å². The summed E-state index contributed by atoms with van der Waals surface area (Å²) in [5.74, 6) is -1.01. The maximum atomic E-state index is 12.6. The van der Waals surface area contributed by atoms with Crippen LogP contribution < -0.4 is 0 Å². The molecule has 138 valence electrons. The number of benzene rings is 2. The molecule has 0 saturated heterocycles. The summed E-state index contributed by atoms with van der Waals surface area (Å²) in [6.45, 7) is 0.428. The first-order valence-electron chi connectivity index (χ1n) is 8.67. The third kappa shape index (κ3) is 3.04. The van der Waals surface area contributed by atoms with Gasteiger partial charge >= 0.3 is 0 Å². The van der Waals surface area contributed by atoms with Crippen LogP contribution in [0.25, 0.3) is 5.57 Å². The molecule has 2 aromatic carbocycles. The van der Waals surface area contributed by atoms with E-state index in [1.807, 2.05) is 36.4 Å². The Balaban J connectivity index is 1.48. The van der Waals surface area contributed by atoms with Crippen molar-refractivity contribution in [2.24, 2.45) is 0 Å². The van der Waals surface area contributed by atoms with E-state index >= 15 is 0 Å². The van der Waals surface area contributed by atoms with Crippen molar-refractivity contribution in [1.82, 2.24) is 9.21 Å². The van der Waals surface area contributed by atoms with E-state index in [4.69, 9.17) is 0 Å². The fourth-order valence-corrected chi connectivity index (χ4v) is 4.94. The lowest BCUT2D eigenvalue weighted by Crippen LogP contribution is -2.44. The highest BCUT2D eigenvalue weighted by Crippen LogP contribution is 2.30. The van der Waals surface area contributed by atoms with Gasteiger partial charge in [-0.15, -0.1) is 0 Å². The van der Waals surface area contributed by atoms with E-state index in [2.05, 4.69) is 0 Å². The molecule has 0 bridgehead atoms. The van der Waals surface area contributed by atoms with Crippen LogP contribution in [0.4, 0.5) is 0 Å². The summed E-state index contributed by atoms with van der Waals surface area (Å²) in [6.07, 6.45) is 2.67. The molecule has 2 aromatic rings. The normalized spacial score (nSPS) is 18.2. The van der Waals surface area contributed by atoms with Gasteiger partial charge in [0.05, 0.1) is 5.56 Å². The van der Waals surface area contributed by atoms with Crippen molar-refractivity contribution in [3.05, 3.63) is 71.8 Å². The fourth-order valence-electron chi connectivity index (χ4n) is 3.42. The van der Waals surface area contributed by atoms with Crippen LogP contribution in [0.2, 0.25) is 0 Å². The van der Waals surface area contributed by atoms with Crippen LogP contribution in [0, 0.1) is 0 Å². The van der Waals surface area contributed by atoms with E-state index in [1.54, 1.807) is 17.0 Å². The molecular weight excluding hydrogens is 364 g/mol. The zero-order valence-corrected chi connectivity index (χ0v) is 15.4. The number of fused-ring (bicyclic) bond motifs is 1. The van der Waals surface area contributed by atoms with Gasteiger partial charge in [0.25, 0.3) is 15.9 Å². The molecule has 7 heteroatoms. The number of amides is 2. The number of carbonyl (C=O) groups is 2. The third-order valence-electron chi connectivity index (χ3n) is 4.90. The molecule has 2 aliphatic heterocycles. The van der Waals surface area contributed by atoms with Crippen LogP contribution >= 0.6 is 0 Å². The number of rotatable bonds is 3. The van der Waals surface area contributed by atoms with Crippen LogP contribution in [-0.4, -0.2) is 49.1 Å². The Hall–Kier alpha value is -2.93. The molecular formula is C20H18N2O4S. The molecule has 6 nitrogen and oxygen atoms in total. The summed E-state index contributed by atoms with van der Waals surface area (Å²) >= 11 is 0. The molecule has 0 atom stereocenters. The van der Waals surface area contributed by atoms with Gasteiger partial charge in [0, 0.05) is 13.1 Å². The molecule has 2 aliphatic rings. The Morgan fingerprint density at radius 3 is 2.37 bits per heavy atom. The third-order valence-corrected chi connectivity index (χ3v) is 6.68. The second kappa shape index (κ2) is 6.66. The van der Waals surface area contributed by atoms with Crippen molar-refractivity contribution in [2.45, 2.75) is 11.3 Å². The van der Waals surface area contributed by atoms with Crippen molar-refractivity contribution in [3.8, 4) is 0 Å². The Morgan fingerprint density at radius 1 is 1.00 bits per heavy atom. The lowest BCUT2D eigenvalue weighted by Gasteiger charge is -2.28. The Bertz CT molecular complexity index is 1040. The monoisotopic (exact) mass is 382 g/mol. The number of carbonyl (C=O) groups excluding carboxylic acids is 2. The van der Waals surface area contributed by atoms with Gasteiger partial charge in [-0.2, -0.15) is 0 Å². The highest BCUT2D eigenvalue weighted by molar-refractivity contribution is 7.90. The molecule has 0 aromatic heterocycles. The second-order valence-corrected chi connectivity index (χ2v) is 8.33. The van der Waals surface area contributed by atoms with E-state index in [9.17, 15) is 18.0 Å². The molecule has 0 fully saturated rings. The van der Waals surface area contributed by atoms with Crippen LogP contribution in [-0.2, 0) is 14.8 Å². The highest BCUT2D eigenvalue weighted by Gasteiger charge is 2.42. The minimum Gasteiger partial charge on any atom is -0.337 e. The average molecular weight is 382 g/mol. The summed E-state index contributed by atoms with van der Waals surface area (Å²) in [6, 6.07) is 16.0. The van der Waals surface area contributed by atoms with E-state index in [0.29, 0.717) is 23.8 Å². The number of nitrogens with zero attached hydrogens (tertiary/aromatic N) is 2. The average Bonchev–Trinajstić information content (AvgIpc) is 2.90. The maximum Gasteiger partial charge on any atom is 0.269 e. The van der Waals surface area contributed by atoms with Gasteiger partial charge in [-0.25, -0.2) is 12.7 Å². The minimum absolute atomic E-state index is 0.0345. The fraction of sp³-hybridized carbons (Fsp3) is 0.200. The zero-order valence-electron chi connectivity index (χ0n) is 14.5. The van der Waals surface area contributed by atoms with Gasteiger partial charge in [-0.1, -0.05) is 48.5 Å². The van der Waals surface area contributed by atoms with E-state index < -0.39 is 22.5 Å². The minimum atomic E-state index is -3.96. The molecule has 2 amide bonds. The summed E-state index contributed by atoms with van der Waals surface area (Å²) in [5.41, 5.74) is 2.41. The largest absolute Gasteiger partial charge is 0.337 e. The van der Waals surface area contributed by atoms with Crippen LogP contribution in [0.1, 0.15) is 22.3 Å². The summed E-state index contributed by atoms with van der Waals surface area (Å²) in [4.78, 5) is 26.6. The van der Waals surface area contributed by atoms with Gasteiger partial charge in [0.2, 0.25) is 5.91 Å². The van der Waals surface area contributed by atoms with Crippen molar-refractivity contribution in [3.63, 3.8) is 0 Å². The molecule has 4 rings (SSSR count). The first kappa shape index (κ1) is 17.5. The molecule has 27 heavy (non-hydrogen) atoms. The van der Waals surface area contributed by atoms with Crippen molar-refractivity contribution in [1.29, 1.82) is 0 Å². The number of hydrogen-bond acceptors (Lipinski definition) is 4. The molecule has 2 heterocycles. The summed E-state index contributed by atoms with van der Waals surface area (Å²) in [5, 5.41) is 0. The van der Waals surface area contributed by atoms with Gasteiger partial charge in [-0.05, 0) is 29.7 Å². The van der Waals surface area contributed by atoms with E-state index in [1.165, 1.54) is 12.1 Å². The molecule has 0 spiro atoms. The molecule has 0 radical (unpaired) electrons. The van der Waals surface area contributed by atoms with E-state index in [-0.39, 0.29) is 16.4 Å². The molecule has 0 saturated carbocycles. The highest BCUT2D eigenvalue weighted by atomic mass is 32.2. The lowest BCUT2D eigenvalue weighted by atomic mass is 9.99. The summed E-state index contributed by atoms with van der Waals surface area (Å²) < 4.78 is 25.8. The Labute approximate surface area is 157 Å². The lowest BCUT2D eigenvalue weighted by molar-refractivity contribution is -0.130. The molecule has 0 aliphatic carbocycles. The van der Waals surface area contributed by atoms with Gasteiger partial charge in [0.1, 0.15) is 11.4 Å². The predicted molar refractivity (Wildman–Crippen MR) is 100 cm³/mol. The van der Waals surface area contributed by atoms with Crippen LogP contribution in [0.5, 0.6) is 0 Å². The number of hydrogen-bond donors (Lipinski definition) is 0. The smallest absolute Gasteiger partial charge is 0.269 e. The molecule has 0 N–H and O–H groups in total. The first-order valence-corrected chi connectivity index (χ1v) is 10.1. The Morgan fingerprint density at radius 2 is 1.70 bits per heavy atom. The number of sulfonamides is 1. The van der Waals surface area contributed by atoms with Gasteiger partial charge in [0.15, 0.2) is 0 Å². The predicted octanol–water partition coefficient (Wildman–Crippen LogP) is 2.15. The quantitative estimate of drug-likeness (QED) is 0.815. The molecule has 0 unspecified atom stereocenters.